The van der Waals surface area contributed by atoms with Crippen LogP contribution < -0.4 is 4.74 Å². The van der Waals surface area contributed by atoms with Gasteiger partial charge in [-0.05, 0) is 35.8 Å². The Kier molecular flexibility index (Phi) is 6.29. The van der Waals surface area contributed by atoms with E-state index < -0.39 is 0 Å². The molecule has 0 aromatic heterocycles. The van der Waals surface area contributed by atoms with Gasteiger partial charge in [0, 0.05) is 28.8 Å². The largest absolute Gasteiger partial charge is 0.504 e. The summed E-state index contributed by atoms with van der Waals surface area (Å²) in [5.74, 6) is 1.84. The molecular formula is C21H22O5S. The minimum Gasteiger partial charge on any atom is -0.504 e. The highest BCUT2D eigenvalue weighted by atomic mass is 32.2. The number of benzene rings is 3. The second-order valence-electron chi connectivity index (χ2n) is 6.11. The van der Waals surface area contributed by atoms with E-state index in [0.29, 0.717) is 24.3 Å². The molecule has 0 aliphatic carbocycles. The summed E-state index contributed by atoms with van der Waals surface area (Å²) in [6.45, 7) is 2.37. The molecule has 0 aliphatic rings. The van der Waals surface area contributed by atoms with Crippen LogP contribution in [0.5, 0.6) is 17.2 Å². The molecule has 3 aromatic carbocycles. The molecule has 0 atom stereocenters. The van der Waals surface area contributed by atoms with E-state index in [2.05, 4.69) is 0 Å². The third kappa shape index (κ3) is 4.57. The average Bonchev–Trinajstić information content (AvgIpc) is 2.66. The smallest absolute Gasteiger partial charge is 0.302 e. The molecule has 6 heteroatoms. The monoisotopic (exact) mass is 386 g/mol. The fraction of sp³-hybridized carbons (Fsp3) is 0.286. The fourth-order valence-corrected chi connectivity index (χ4v) is 3.64. The Morgan fingerprint density at radius 3 is 2.63 bits per heavy atom. The van der Waals surface area contributed by atoms with Crippen molar-refractivity contribution in [1.29, 1.82) is 0 Å². The molecule has 142 valence electrons. The third-order valence-corrected chi connectivity index (χ3v) is 5.19. The maximum Gasteiger partial charge on any atom is 0.302 e. The number of fused-ring (bicyclic) bond motifs is 2. The molecule has 0 radical (unpaired) electrons. The lowest BCUT2D eigenvalue weighted by atomic mass is 10.0. The number of aromatic hydroxyl groups is 2. The van der Waals surface area contributed by atoms with Gasteiger partial charge in [0.05, 0.1) is 6.61 Å². The summed E-state index contributed by atoms with van der Waals surface area (Å²) in [4.78, 5) is 10.7. The number of phenols is 2. The highest BCUT2D eigenvalue weighted by molar-refractivity contribution is 7.99. The SMILES string of the molecule is CC(=O)OCCSCCCOc1c2ccccc2cc2c(O)c(O)ccc12. The predicted molar refractivity (Wildman–Crippen MR) is 109 cm³/mol. The fourth-order valence-electron chi connectivity index (χ4n) is 2.91. The molecular weight excluding hydrogens is 364 g/mol. The molecule has 0 fully saturated rings. The molecule has 0 spiro atoms. The second kappa shape index (κ2) is 8.86. The summed E-state index contributed by atoms with van der Waals surface area (Å²) < 4.78 is 11.0. The molecule has 0 heterocycles. The number of carbonyl (C=O) groups is 1. The predicted octanol–water partition coefficient (Wildman–Crippen LogP) is 4.47. The molecule has 3 rings (SSSR count). The quantitative estimate of drug-likeness (QED) is 0.257. The average molecular weight is 386 g/mol. The van der Waals surface area contributed by atoms with Crippen LogP contribution in [0, 0.1) is 0 Å². The molecule has 0 unspecified atom stereocenters. The first-order valence-corrected chi connectivity index (χ1v) is 9.93. The van der Waals surface area contributed by atoms with E-state index in [4.69, 9.17) is 9.47 Å². The lowest BCUT2D eigenvalue weighted by molar-refractivity contribution is -0.140. The van der Waals surface area contributed by atoms with Gasteiger partial charge in [0.1, 0.15) is 12.4 Å². The van der Waals surface area contributed by atoms with E-state index in [1.54, 1.807) is 17.8 Å². The van der Waals surface area contributed by atoms with E-state index in [-0.39, 0.29) is 17.5 Å². The van der Waals surface area contributed by atoms with Crippen molar-refractivity contribution in [3.8, 4) is 17.2 Å². The van der Waals surface area contributed by atoms with Gasteiger partial charge in [0.2, 0.25) is 0 Å². The Hall–Kier alpha value is -2.60. The maximum atomic E-state index is 10.7. The molecule has 0 bridgehead atoms. The molecule has 5 nitrogen and oxygen atoms in total. The molecule has 2 N–H and O–H groups in total. The van der Waals surface area contributed by atoms with Crippen LogP contribution in [0.25, 0.3) is 21.5 Å². The van der Waals surface area contributed by atoms with Gasteiger partial charge in [-0.1, -0.05) is 24.3 Å². The van der Waals surface area contributed by atoms with E-state index in [9.17, 15) is 15.0 Å². The second-order valence-corrected chi connectivity index (χ2v) is 7.33. The van der Waals surface area contributed by atoms with E-state index in [1.165, 1.54) is 13.0 Å². The minimum absolute atomic E-state index is 0.135. The van der Waals surface area contributed by atoms with Crippen molar-refractivity contribution in [2.24, 2.45) is 0 Å². The molecule has 3 aromatic rings. The first-order chi connectivity index (χ1) is 13.1. The molecule has 0 saturated carbocycles. The van der Waals surface area contributed by atoms with Crippen LogP contribution in [0.1, 0.15) is 13.3 Å². The summed E-state index contributed by atoms with van der Waals surface area (Å²) in [5, 5.41) is 23.3. The summed E-state index contributed by atoms with van der Waals surface area (Å²) >= 11 is 1.71. The van der Waals surface area contributed by atoms with Crippen LogP contribution >= 0.6 is 11.8 Å². The van der Waals surface area contributed by atoms with Crippen molar-refractivity contribution < 1.29 is 24.5 Å². The van der Waals surface area contributed by atoms with Crippen LogP contribution in [0.3, 0.4) is 0 Å². The number of phenolic OH excluding ortho intramolecular Hbond substituents is 2. The highest BCUT2D eigenvalue weighted by Crippen LogP contribution is 2.42. The van der Waals surface area contributed by atoms with Gasteiger partial charge in [-0.2, -0.15) is 11.8 Å². The Balaban J connectivity index is 1.71. The summed E-state index contributed by atoms with van der Waals surface area (Å²) in [7, 11) is 0. The van der Waals surface area contributed by atoms with Crippen LogP contribution in [-0.4, -0.2) is 40.9 Å². The molecule has 0 aliphatic heterocycles. The van der Waals surface area contributed by atoms with Crippen LogP contribution in [0.2, 0.25) is 0 Å². The van der Waals surface area contributed by atoms with Crippen LogP contribution in [0.15, 0.2) is 42.5 Å². The standard InChI is InChI=1S/C21H22O5S/c1-14(22)25-10-12-27-11-4-9-26-21-16-6-3-2-5-15(16)13-18-17(21)7-8-19(23)20(18)24/h2-3,5-8,13,23-24H,4,9-12H2,1H3. The minimum atomic E-state index is -0.254. The number of esters is 1. The highest BCUT2D eigenvalue weighted by Gasteiger charge is 2.13. The van der Waals surface area contributed by atoms with Crippen molar-refractivity contribution in [2.75, 3.05) is 24.7 Å². The van der Waals surface area contributed by atoms with Crippen molar-refractivity contribution in [2.45, 2.75) is 13.3 Å². The normalized spacial score (nSPS) is 11.0. The Labute approximate surface area is 161 Å². The van der Waals surface area contributed by atoms with E-state index in [1.807, 2.05) is 30.3 Å². The zero-order valence-corrected chi connectivity index (χ0v) is 15.9. The van der Waals surface area contributed by atoms with Gasteiger partial charge < -0.3 is 19.7 Å². The van der Waals surface area contributed by atoms with Gasteiger partial charge >= 0.3 is 5.97 Å². The number of hydrogen-bond donors (Lipinski definition) is 2. The van der Waals surface area contributed by atoms with Crippen molar-refractivity contribution in [3.05, 3.63) is 42.5 Å². The Morgan fingerprint density at radius 2 is 1.81 bits per heavy atom. The van der Waals surface area contributed by atoms with Crippen molar-refractivity contribution in [3.63, 3.8) is 0 Å². The summed E-state index contributed by atoms with van der Waals surface area (Å²) in [6, 6.07) is 12.9. The van der Waals surface area contributed by atoms with Gasteiger partial charge in [0.25, 0.3) is 0 Å². The number of hydrogen-bond acceptors (Lipinski definition) is 6. The number of rotatable bonds is 8. The van der Waals surface area contributed by atoms with Gasteiger partial charge in [-0.3, -0.25) is 4.79 Å². The number of carbonyl (C=O) groups excluding carboxylic acids is 1. The topological polar surface area (TPSA) is 76.0 Å². The third-order valence-electron chi connectivity index (χ3n) is 4.16. The molecule has 0 amide bonds. The Morgan fingerprint density at radius 1 is 1.00 bits per heavy atom. The van der Waals surface area contributed by atoms with E-state index in [0.717, 1.165) is 34.1 Å². The van der Waals surface area contributed by atoms with Gasteiger partial charge in [-0.25, -0.2) is 0 Å². The van der Waals surface area contributed by atoms with Gasteiger partial charge in [-0.15, -0.1) is 0 Å². The maximum absolute atomic E-state index is 10.7. The molecule has 0 saturated heterocycles. The number of thioether (sulfide) groups is 1. The van der Waals surface area contributed by atoms with Crippen molar-refractivity contribution in [1.82, 2.24) is 0 Å². The first-order valence-electron chi connectivity index (χ1n) is 8.78. The lowest BCUT2D eigenvalue weighted by Crippen LogP contribution is -2.04. The van der Waals surface area contributed by atoms with E-state index >= 15 is 0 Å². The molecule has 27 heavy (non-hydrogen) atoms. The van der Waals surface area contributed by atoms with Crippen LogP contribution in [0.4, 0.5) is 0 Å². The van der Waals surface area contributed by atoms with Crippen LogP contribution in [-0.2, 0) is 9.53 Å². The lowest BCUT2D eigenvalue weighted by Gasteiger charge is -2.14. The number of ether oxygens (including phenoxy) is 2. The first kappa shape index (κ1) is 19.2. The zero-order chi connectivity index (χ0) is 19.2. The zero-order valence-electron chi connectivity index (χ0n) is 15.1. The van der Waals surface area contributed by atoms with Crippen molar-refractivity contribution >= 4 is 39.3 Å². The summed E-state index contributed by atoms with van der Waals surface area (Å²) in [5.41, 5.74) is 0. The Bertz CT molecular complexity index is 954. The van der Waals surface area contributed by atoms with Gasteiger partial charge in [0.15, 0.2) is 11.5 Å². The summed E-state index contributed by atoms with van der Waals surface area (Å²) in [6.07, 6.45) is 0.847.